The molecule has 0 aromatic rings. The molecule has 1 unspecified atom stereocenters. The van der Waals surface area contributed by atoms with Crippen LogP contribution in [0.1, 0.15) is 6.92 Å². The van der Waals surface area contributed by atoms with E-state index in [1.165, 1.54) is 0 Å². The molecule has 0 aliphatic carbocycles. The third-order valence-corrected chi connectivity index (χ3v) is 1.34. The summed E-state index contributed by atoms with van der Waals surface area (Å²) in [6.07, 6.45) is 4.97. The van der Waals surface area contributed by atoms with Gasteiger partial charge in [-0.3, -0.25) is 10.1 Å². The lowest BCUT2D eigenvalue weighted by atomic mass is 10.2. The van der Waals surface area contributed by atoms with Crippen LogP contribution < -0.4 is 10.6 Å². The Balaban J connectivity index is 3.43. The van der Waals surface area contributed by atoms with Crippen molar-refractivity contribution < 1.29 is 4.79 Å². The fourth-order valence-corrected chi connectivity index (χ4v) is 0.623. The van der Waals surface area contributed by atoms with Gasteiger partial charge in [-0.15, -0.1) is 6.42 Å². The number of nitriles is 1. The highest BCUT2D eigenvalue weighted by atomic mass is 16.1. The summed E-state index contributed by atoms with van der Waals surface area (Å²) in [5, 5.41) is 13.8. The molecule has 4 nitrogen and oxygen atoms in total. The van der Waals surface area contributed by atoms with Crippen LogP contribution in [0.5, 0.6) is 0 Å². The Labute approximate surface area is 78.3 Å². The van der Waals surface area contributed by atoms with Gasteiger partial charge in [0, 0.05) is 6.54 Å². The van der Waals surface area contributed by atoms with Crippen LogP contribution >= 0.6 is 0 Å². The summed E-state index contributed by atoms with van der Waals surface area (Å²) < 4.78 is 0. The van der Waals surface area contributed by atoms with Gasteiger partial charge in [0.15, 0.2) is 0 Å². The number of hydrogen-bond acceptors (Lipinski definition) is 3. The molecule has 0 aliphatic heterocycles. The van der Waals surface area contributed by atoms with E-state index < -0.39 is 0 Å². The van der Waals surface area contributed by atoms with E-state index in [1.54, 1.807) is 6.92 Å². The van der Waals surface area contributed by atoms with Crippen LogP contribution in [-0.2, 0) is 4.79 Å². The van der Waals surface area contributed by atoms with Crippen LogP contribution in [0.4, 0.5) is 0 Å². The smallest absolute Gasteiger partial charge is 0.234 e. The van der Waals surface area contributed by atoms with Crippen molar-refractivity contribution in [2.75, 3.05) is 19.6 Å². The summed E-state index contributed by atoms with van der Waals surface area (Å²) >= 11 is 0. The fourth-order valence-electron chi connectivity index (χ4n) is 0.623. The molecule has 1 atom stereocenters. The molecular weight excluding hydrogens is 166 g/mol. The molecule has 70 valence electrons. The van der Waals surface area contributed by atoms with Crippen molar-refractivity contribution in [1.29, 1.82) is 5.26 Å². The Hall–Kier alpha value is -1.52. The normalized spacial score (nSPS) is 11.0. The fraction of sp³-hybridized carbons (Fsp3) is 0.556. The number of hydrogen-bond donors (Lipinski definition) is 2. The summed E-state index contributed by atoms with van der Waals surface area (Å²) in [5.74, 6) is 2.06. The predicted octanol–water partition coefficient (Wildman–Crippen LogP) is -0.515. The zero-order valence-corrected chi connectivity index (χ0v) is 7.63. The standard InChI is InChI=1S/C9H13N3O/c1-3-4-11-7-9(13)12-6-8(2)5-10/h1,8,11H,4,6-7H2,2H3,(H,12,13). The largest absolute Gasteiger partial charge is 0.354 e. The van der Waals surface area contributed by atoms with Crippen molar-refractivity contribution in [3.63, 3.8) is 0 Å². The van der Waals surface area contributed by atoms with Crippen molar-refractivity contribution >= 4 is 5.91 Å². The molecule has 0 saturated carbocycles. The quantitative estimate of drug-likeness (QED) is 0.441. The van der Waals surface area contributed by atoms with E-state index in [9.17, 15) is 4.79 Å². The van der Waals surface area contributed by atoms with Gasteiger partial charge < -0.3 is 5.32 Å². The second-order valence-corrected chi connectivity index (χ2v) is 2.64. The number of amides is 1. The number of carbonyl (C=O) groups is 1. The summed E-state index contributed by atoms with van der Waals surface area (Å²) in [7, 11) is 0. The molecule has 13 heavy (non-hydrogen) atoms. The maximum absolute atomic E-state index is 11.0. The highest BCUT2D eigenvalue weighted by Crippen LogP contribution is 1.86. The van der Waals surface area contributed by atoms with Crippen molar-refractivity contribution in [3.8, 4) is 18.4 Å². The lowest BCUT2D eigenvalue weighted by Crippen LogP contribution is -2.36. The van der Waals surface area contributed by atoms with Crippen LogP contribution in [0.2, 0.25) is 0 Å². The molecule has 2 N–H and O–H groups in total. The van der Waals surface area contributed by atoms with Crippen LogP contribution in [0.3, 0.4) is 0 Å². The van der Waals surface area contributed by atoms with E-state index in [4.69, 9.17) is 11.7 Å². The van der Waals surface area contributed by atoms with E-state index in [0.29, 0.717) is 13.1 Å². The summed E-state index contributed by atoms with van der Waals surface area (Å²) in [6.45, 7) is 2.70. The molecule has 4 heteroatoms. The molecule has 0 fully saturated rings. The minimum absolute atomic E-state index is 0.141. The summed E-state index contributed by atoms with van der Waals surface area (Å²) in [6, 6.07) is 2.02. The molecular formula is C9H13N3O. The first-order valence-electron chi connectivity index (χ1n) is 4.01. The van der Waals surface area contributed by atoms with Gasteiger partial charge in [-0.2, -0.15) is 5.26 Å². The molecule has 0 aromatic heterocycles. The molecule has 0 rings (SSSR count). The van der Waals surface area contributed by atoms with Crippen molar-refractivity contribution in [1.82, 2.24) is 10.6 Å². The number of rotatable bonds is 5. The van der Waals surface area contributed by atoms with Gasteiger partial charge in [0.05, 0.1) is 25.1 Å². The van der Waals surface area contributed by atoms with E-state index in [1.807, 2.05) is 6.07 Å². The first-order chi connectivity index (χ1) is 6.20. The third kappa shape index (κ3) is 6.86. The lowest BCUT2D eigenvalue weighted by molar-refractivity contribution is -0.120. The Bertz CT molecular complexity index is 236. The Morgan fingerprint density at radius 2 is 2.38 bits per heavy atom. The Morgan fingerprint density at radius 3 is 2.92 bits per heavy atom. The first kappa shape index (κ1) is 11.5. The summed E-state index contributed by atoms with van der Waals surface area (Å²) in [4.78, 5) is 11.0. The number of nitrogens with zero attached hydrogens (tertiary/aromatic N) is 1. The van der Waals surface area contributed by atoms with E-state index in [-0.39, 0.29) is 18.4 Å². The van der Waals surface area contributed by atoms with Crippen LogP contribution in [0.15, 0.2) is 0 Å². The highest BCUT2D eigenvalue weighted by molar-refractivity contribution is 5.78. The van der Waals surface area contributed by atoms with Gasteiger partial charge in [-0.05, 0) is 6.92 Å². The van der Waals surface area contributed by atoms with Gasteiger partial charge >= 0.3 is 0 Å². The van der Waals surface area contributed by atoms with Gasteiger partial charge in [0.1, 0.15) is 0 Å². The van der Waals surface area contributed by atoms with E-state index in [2.05, 4.69) is 16.6 Å². The zero-order valence-electron chi connectivity index (χ0n) is 7.63. The number of terminal acetylenes is 1. The molecule has 0 aromatic carbocycles. The maximum atomic E-state index is 11.0. The van der Waals surface area contributed by atoms with Gasteiger partial charge in [0.2, 0.25) is 5.91 Å². The topological polar surface area (TPSA) is 64.9 Å². The second-order valence-electron chi connectivity index (χ2n) is 2.64. The van der Waals surface area contributed by atoms with Crippen LogP contribution in [0, 0.1) is 29.6 Å². The first-order valence-corrected chi connectivity index (χ1v) is 4.01. The predicted molar refractivity (Wildman–Crippen MR) is 49.5 cm³/mol. The molecule has 0 radical (unpaired) electrons. The lowest BCUT2D eigenvalue weighted by Gasteiger charge is -2.05. The number of nitrogens with one attached hydrogen (secondary N) is 2. The average molecular weight is 179 g/mol. The molecule has 0 bridgehead atoms. The third-order valence-electron chi connectivity index (χ3n) is 1.34. The Kier molecular flexibility index (Phi) is 6.31. The molecule has 0 aliphatic rings. The molecule has 0 saturated heterocycles. The second kappa shape index (κ2) is 7.15. The number of carbonyl (C=O) groups excluding carboxylic acids is 1. The molecule has 1 amide bonds. The van der Waals surface area contributed by atoms with E-state index >= 15 is 0 Å². The van der Waals surface area contributed by atoms with Crippen LogP contribution in [-0.4, -0.2) is 25.5 Å². The van der Waals surface area contributed by atoms with Crippen molar-refractivity contribution in [2.45, 2.75) is 6.92 Å². The average Bonchev–Trinajstić information content (AvgIpc) is 2.14. The summed E-state index contributed by atoms with van der Waals surface area (Å²) in [5.41, 5.74) is 0. The zero-order chi connectivity index (χ0) is 10.1. The SMILES string of the molecule is C#CCNCC(=O)NCC(C)C#N. The Morgan fingerprint density at radius 1 is 1.69 bits per heavy atom. The van der Waals surface area contributed by atoms with E-state index in [0.717, 1.165) is 0 Å². The van der Waals surface area contributed by atoms with Gasteiger partial charge in [-0.25, -0.2) is 0 Å². The van der Waals surface area contributed by atoms with Crippen molar-refractivity contribution in [3.05, 3.63) is 0 Å². The maximum Gasteiger partial charge on any atom is 0.234 e. The van der Waals surface area contributed by atoms with Gasteiger partial charge in [-0.1, -0.05) is 5.92 Å². The molecule has 0 spiro atoms. The minimum Gasteiger partial charge on any atom is -0.354 e. The van der Waals surface area contributed by atoms with Crippen LogP contribution in [0.25, 0.3) is 0 Å². The van der Waals surface area contributed by atoms with Crippen molar-refractivity contribution in [2.24, 2.45) is 5.92 Å². The molecule has 0 heterocycles. The van der Waals surface area contributed by atoms with Gasteiger partial charge in [0.25, 0.3) is 0 Å². The minimum atomic E-state index is -0.156. The highest BCUT2D eigenvalue weighted by Gasteiger charge is 2.02. The monoisotopic (exact) mass is 179 g/mol.